The van der Waals surface area contributed by atoms with Crippen LogP contribution in [-0.4, -0.2) is 7.05 Å². The van der Waals surface area contributed by atoms with Crippen LogP contribution in [0.4, 0.5) is 5.69 Å². The van der Waals surface area contributed by atoms with Crippen molar-refractivity contribution in [2.24, 2.45) is 5.73 Å². The van der Waals surface area contributed by atoms with Crippen LogP contribution in [0.2, 0.25) is 4.34 Å². The van der Waals surface area contributed by atoms with Crippen molar-refractivity contribution in [3.05, 3.63) is 49.6 Å². The van der Waals surface area contributed by atoms with E-state index in [-0.39, 0.29) is 6.04 Å². The fourth-order valence-corrected chi connectivity index (χ4v) is 3.75. The monoisotopic (exact) mass is 358 g/mol. The Balaban J connectivity index is 2.15. The van der Waals surface area contributed by atoms with E-state index in [1.807, 2.05) is 13.0 Å². The average molecular weight is 360 g/mol. The Morgan fingerprint density at radius 3 is 2.63 bits per heavy atom. The SMILES string of the molecule is CC(N)c1ccc(N(C)Cc2ccc(Cl)s2)cc1Br. The van der Waals surface area contributed by atoms with Gasteiger partial charge in [-0.25, -0.2) is 0 Å². The number of nitrogens with two attached hydrogens (primary N) is 1. The van der Waals surface area contributed by atoms with Crippen LogP contribution in [0.1, 0.15) is 23.4 Å². The molecule has 1 aromatic heterocycles. The van der Waals surface area contributed by atoms with Crippen molar-refractivity contribution in [1.29, 1.82) is 0 Å². The molecular formula is C14H16BrClN2S. The van der Waals surface area contributed by atoms with Crippen molar-refractivity contribution in [1.82, 2.24) is 0 Å². The molecule has 2 nitrogen and oxygen atoms in total. The molecule has 0 radical (unpaired) electrons. The quantitative estimate of drug-likeness (QED) is 0.848. The van der Waals surface area contributed by atoms with Crippen LogP contribution in [0.15, 0.2) is 34.8 Å². The molecule has 2 rings (SSSR count). The molecule has 19 heavy (non-hydrogen) atoms. The summed E-state index contributed by atoms with van der Waals surface area (Å²) in [5.74, 6) is 0. The fourth-order valence-electron chi connectivity index (χ4n) is 1.88. The van der Waals surface area contributed by atoms with E-state index in [0.29, 0.717) is 0 Å². The molecule has 1 unspecified atom stereocenters. The largest absolute Gasteiger partial charge is 0.369 e. The average Bonchev–Trinajstić information content (AvgIpc) is 2.74. The Morgan fingerprint density at radius 1 is 1.37 bits per heavy atom. The number of benzene rings is 1. The van der Waals surface area contributed by atoms with Gasteiger partial charge in [0.2, 0.25) is 0 Å². The van der Waals surface area contributed by atoms with Crippen LogP contribution in [0.3, 0.4) is 0 Å². The third-order valence-electron chi connectivity index (χ3n) is 2.94. The van der Waals surface area contributed by atoms with Crippen LogP contribution in [0, 0.1) is 0 Å². The predicted octanol–water partition coefficient (Wildman–Crippen LogP) is 4.82. The summed E-state index contributed by atoms with van der Waals surface area (Å²) in [6, 6.07) is 10.3. The van der Waals surface area contributed by atoms with Crippen molar-refractivity contribution in [3.8, 4) is 0 Å². The van der Waals surface area contributed by atoms with Gasteiger partial charge in [0.15, 0.2) is 0 Å². The number of thiophene rings is 1. The highest BCUT2D eigenvalue weighted by atomic mass is 79.9. The van der Waals surface area contributed by atoms with Crippen molar-refractivity contribution in [3.63, 3.8) is 0 Å². The first-order valence-corrected chi connectivity index (χ1v) is 7.96. The molecule has 0 aliphatic heterocycles. The van der Waals surface area contributed by atoms with Crippen LogP contribution >= 0.6 is 38.9 Å². The maximum atomic E-state index is 5.95. The Kier molecular flexibility index (Phi) is 4.90. The molecule has 102 valence electrons. The second-order valence-corrected chi connectivity index (χ2v) is 7.21. The molecule has 0 saturated heterocycles. The first-order valence-electron chi connectivity index (χ1n) is 5.97. The molecule has 0 amide bonds. The summed E-state index contributed by atoms with van der Waals surface area (Å²) in [5, 5.41) is 0. The Labute approximate surface area is 131 Å². The van der Waals surface area contributed by atoms with E-state index in [9.17, 15) is 0 Å². The minimum atomic E-state index is 0.0323. The van der Waals surface area contributed by atoms with Crippen molar-refractivity contribution in [2.75, 3.05) is 11.9 Å². The number of halogens is 2. The molecule has 0 spiro atoms. The third kappa shape index (κ3) is 3.72. The van der Waals surface area contributed by atoms with E-state index in [0.717, 1.165) is 26.6 Å². The zero-order valence-electron chi connectivity index (χ0n) is 10.9. The maximum absolute atomic E-state index is 5.95. The molecule has 0 fully saturated rings. The van der Waals surface area contributed by atoms with Crippen molar-refractivity contribution >= 4 is 44.6 Å². The highest BCUT2D eigenvalue weighted by molar-refractivity contribution is 9.10. The van der Waals surface area contributed by atoms with Gasteiger partial charge in [-0.05, 0) is 36.8 Å². The summed E-state index contributed by atoms with van der Waals surface area (Å²) in [4.78, 5) is 3.44. The summed E-state index contributed by atoms with van der Waals surface area (Å²) >= 11 is 11.1. The number of nitrogens with zero attached hydrogens (tertiary/aromatic N) is 1. The van der Waals surface area contributed by atoms with Gasteiger partial charge in [0.05, 0.1) is 10.9 Å². The van der Waals surface area contributed by atoms with Crippen LogP contribution in [0.5, 0.6) is 0 Å². The topological polar surface area (TPSA) is 29.3 Å². The van der Waals surface area contributed by atoms with Gasteiger partial charge in [-0.1, -0.05) is 33.6 Å². The molecule has 2 N–H and O–H groups in total. The Hall–Kier alpha value is -0.550. The lowest BCUT2D eigenvalue weighted by Gasteiger charge is -2.20. The number of hydrogen-bond donors (Lipinski definition) is 1. The lowest BCUT2D eigenvalue weighted by molar-refractivity contribution is 0.812. The molecule has 0 saturated carbocycles. The summed E-state index contributed by atoms with van der Waals surface area (Å²) in [6.45, 7) is 2.83. The zero-order valence-corrected chi connectivity index (χ0v) is 14.0. The van der Waals surface area contributed by atoms with Crippen LogP contribution in [-0.2, 0) is 6.54 Å². The first-order chi connectivity index (χ1) is 8.97. The van der Waals surface area contributed by atoms with Crippen molar-refractivity contribution in [2.45, 2.75) is 19.5 Å². The van der Waals surface area contributed by atoms with E-state index < -0.39 is 0 Å². The fraction of sp³-hybridized carbons (Fsp3) is 0.286. The summed E-state index contributed by atoms with van der Waals surface area (Å²) in [5.41, 5.74) is 8.19. The smallest absolute Gasteiger partial charge is 0.0931 e. The summed E-state index contributed by atoms with van der Waals surface area (Å²) in [7, 11) is 2.07. The molecular weight excluding hydrogens is 344 g/mol. The Morgan fingerprint density at radius 2 is 2.11 bits per heavy atom. The van der Waals surface area contributed by atoms with E-state index in [1.54, 1.807) is 11.3 Å². The molecule has 0 aliphatic carbocycles. The lowest BCUT2D eigenvalue weighted by Crippen LogP contribution is -2.16. The van der Waals surface area contributed by atoms with Gasteiger partial charge in [-0.15, -0.1) is 11.3 Å². The van der Waals surface area contributed by atoms with Gasteiger partial charge in [0.25, 0.3) is 0 Å². The van der Waals surface area contributed by atoms with E-state index >= 15 is 0 Å². The summed E-state index contributed by atoms with van der Waals surface area (Å²) in [6.07, 6.45) is 0. The van der Waals surface area contributed by atoms with Crippen LogP contribution < -0.4 is 10.6 Å². The predicted molar refractivity (Wildman–Crippen MR) is 88.2 cm³/mol. The van der Waals surface area contributed by atoms with Gasteiger partial charge < -0.3 is 10.6 Å². The molecule has 1 atom stereocenters. The van der Waals surface area contributed by atoms with Gasteiger partial charge in [0, 0.05) is 28.1 Å². The van der Waals surface area contributed by atoms with Gasteiger partial charge >= 0.3 is 0 Å². The second-order valence-electron chi connectivity index (χ2n) is 4.56. The standard InChI is InChI=1S/C14H16BrClN2S/c1-9(17)12-5-3-10(7-13(12)15)18(2)8-11-4-6-14(16)19-11/h3-7,9H,8,17H2,1-2H3. The maximum Gasteiger partial charge on any atom is 0.0931 e. The van der Waals surface area contributed by atoms with Crippen molar-refractivity contribution < 1.29 is 0 Å². The molecule has 1 heterocycles. The molecule has 2 aromatic rings. The zero-order chi connectivity index (χ0) is 14.0. The van der Waals surface area contributed by atoms with E-state index in [4.69, 9.17) is 17.3 Å². The Bertz CT molecular complexity index is 568. The minimum Gasteiger partial charge on any atom is -0.369 e. The van der Waals surface area contributed by atoms with Gasteiger partial charge in [0.1, 0.15) is 0 Å². The number of rotatable bonds is 4. The number of hydrogen-bond acceptors (Lipinski definition) is 3. The molecule has 1 aromatic carbocycles. The number of anilines is 1. The second kappa shape index (κ2) is 6.27. The van der Waals surface area contributed by atoms with Crippen LogP contribution in [0.25, 0.3) is 0 Å². The normalized spacial score (nSPS) is 12.5. The highest BCUT2D eigenvalue weighted by Gasteiger charge is 2.09. The van der Waals surface area contributed by atoms with Gasteiger partial charge in [-0.2, -0.15) is 0 Å². The minimum absolute atomic E-state index is 0.0323. The summed E-state index contributed by atoms with van der Waals surface area (Å²) < 4.78 is 1.88. The first kappa shape index (κ1) is 14.9. The molecule has 0 bridgehead atoms. The van der Waals surface area contributed by atoms with Gasteiger partial charge in [-0.3, -0.25) is 0 Å². The highest BCUT2D eigenvalue weighted by Crippen LogP contribution is 2.29. The lowest BCUT2D eigenvalue weighted by atomic mass is 10.1. The third-order valence-corrected chi connectivity index (χ3v) is 4.84. The van der Waals surface area contributed by atoms with E-state index in [1.165, 1.54) is 4.88 Å². The molecule has 0 aliphatic rings. The molecule has 5 heteroatoms. The van der Waals surface area contributed by atoms with E-state index in [2.05, 4.69) is 52.1 Å².